The van der Waals surface area contributed by atoms with Crippen molar-refractivity contribution < 1.29 is 8.78 Å². The number of rotatable bonds is 4. The number of aromatic amines is 1. The van der Waals surface area contributed by atoms with Crippen LogP contribution in [0.2, 0.25) is 0 Å². The maximum Gasteiger partial charge on any atom is 0.183 e. The molecule has 4 nitrogen and oxygen atoms in total. The molecular weight excluding hydrogens is 246 g/mol. The molecule has 1 aromatic carbocycles. The highest BCUT2D eigenvalue weighted by Gasteiger charge is 2.13. The average Bonchev–Trinajstić information content (AvgIpc) is 2.82. The first-order valence-electron chi connectivity index (χ1n) is 4.85. The van der Waals surface area contributed by atoms with E-state index in [2.05, 4.69) is 15.2 Å². The van der Waals surface area contributed by atoms with Gasteiger partial charge in [-0.1, -0.05) is 11.8 Å². The van der Waals surface area contributed by atoms with E-state index in [1.54, 1.807) is 0 Å². The number of halogens is 2. The van der Waals surface area contributed by atoms with E-state index in [1.165, 1.54) is 18.1 Å². The average molecular weight is 256 g/mol. The second-order valence-electron chi connectivity index (χ2n) is 3.37. The highest BCUT2D eigenvalue weighted by atomic mass is 32.2. The predicted octanol–water partition coefficient (Wildman–Crippen LogP) is 1.88. The molecule has 0 amide bonds. The zero-order valence-corrected chi connectivity index (χ0v) is 9.55. The molecule has 0 spiro atoms. The van der Waals surface area contributed by atoms with Crippen LogP contribution in [0.1, 0.15) is 11.6 Å². The van der Waals surface area contributed by atoms with E-state index >= 15 is 0 Å². The number of aromatic nitrogens is 3. The van der Waals surface area contributed by atoms with Crippen molar-refractivity contribution in [2.24, 2.45) is 5.73 Å². The van der Waals surface area contributed by atoms with Gasteiger partial charge in [0, 0.05) is 17.4 Å². The molecule has 0 aliphatic carbocycles. The maximum absolute atomic E-state index is 13.4. The quantitative estimate of drug-likeness (QED) is 0.819. The van der Waals surface area contributed by atoms with Gasteiger partial charge in [-0.3, -0.25) is 5.10 Å². The van der Waals surface area contributed by atoms with Crippen molar-refractivity contribution >= 4 is 11.8 Å². The van der Waals surface area contributed by atoms with Gasteiger partial charge >= 0.3 is 0 Å². The van der Waals surface area contributed by atoms with Crippen molar-refractivity contribution in [3.63, 3.8) is 0 Å². The van der Waals surface area contributed by atoms with E-state index in [0.717, 1.165) is 18.2 Å². The summed E-state index contributed by atoms with van der Waals surface area (Å²) in [6.45, 7) is 0. The Hall–Kier alpha value is -1.47. The second kappa shape index (κ2) is 5.24. The molecule has 3 N–H and O–H groups in total. The number of H-pyrrole nitrogens is 1. The molecule has 0 fully saturated rings. The molecule has 0 aliphatic rings. The fourth-order valence-corrected chi connectivity index (χ4v) is 2.08. The topological polar surface area (TPSA) is 67.6 Å². The Bertz CT molecular complexity index is 489. The third kappa shape index (κ3) is 3.01. The number of nitrogens with zero attached hydrogens (tertiary/aromatic N) is 2. The van der Waals surface area contributed by atoms with Crippen LogP contribution >= 0.6 is 11.8 Å². The summed E-state index contributed by atoms with van der Waals surface area (Å²) in [6, 6.07) is 2.65. The Kier molecular flexibility index (Phi) is 3.70. The Morgan fingerprint density at radius 3 is 2.94 bits per heavy atom. The van der Waals surface area contributed by atoms with Gasteiger partial charge in [0.15, 0.2) is 5.16 Å². The minimum absolute atomic E-state index is 0.164. The molecule has 0 saturated heterocycles. The van der Waals surface area contributed by atoms with Crippen molar-refractivity contribution in [3.05, 3.63) is 41.7 Å². The van der Waals surface area contributed by atoms with E-state index in [9.17, 15) is 8.78 Å². The molecule has 2 rings (SSSR count). The third-order valence-electron chi connectivity index (χ3n) is 2.15. The van der Waals surface area contributed by atoms with Gasteiger partial charge in [0.2, 0.25) is 0 Å². The molecule has 0 radical (unpaired) electrons. The van der Waals surface area contributed by atoms with Crippen molar-refractivity contribution in [1.29, 1.82) is 0 Å². The second-order valence-corrected chi connectivity index (χ2v) is 4.38. The first-order valence-corrected chi connectivity index (χ1v) is 5.84. The van der Waals surface area contributed by atoms with Crippen LogP contribution in [0.5, 0.6) is 0 Å². The lowest BCUT2D eigenvalue weighted by molar-refractivity contribution is 0.573. The molecule has 1 heterocycles. The summed E-state index contributed by atoms with van der Waals surface area (Å²) in [7, 11) is 0. The van der Waals surface area contributed by atoms with Crippen LogP contribution in [0, 0.1) is 11.6 Å². The van der Waals surface area contributed by atoms with Crippen LogP contribution in [0.3, 0.4) is 0 Å². The molecule has 7 heteroatoms. The Balaban J connectivity index is 2.04. The molecule has 1 atom stereocenters. The molecule has 0 bridgehead atoms. The van der Waals surface area contributed by atoms with E-state index in [4.69, 9.17) is 5.73 Å². The normalized spacial score (nSPS) is 12.6. The van der Waals surface area contributed by atoms with Gasteiger partial charge < -0.3 is 5.73 Å². The lowest BCUT2D eigenvalue weighted by Gasteiger charge is -2.11. The summed E-state index contributed by atoms with van der Waals surface area (Å²) in [5.41, 5.74) is 5.96. The van der Waals surface area contributed by atoms with Crippen molar-refractivity contribution in [2.75, 3.05) is 5.75 Å². The van der Waals surface area contributed by atoms with Gasteiger partial charge in [-0.25, -0.2) is 13.8 Å². The number of hydrogen-bond acceptors (Lipinski definition) is 4. The molecule has 2 aromatic rings. The van der Waals surface area contributed by atoms with Crippen LogP contribution in [-0.2, 0) is 0 Å². The monoisotopic (exact) mass is 256 g/mol. The van der Waals surface area contributed by atoms with Crippen LogP contribution in [0.15, 0.2) is 29.7 Å². The van der Waals surface area contributed by atoms with E-state index < -0.39 is 17.7 Å². The summed E-state index contributed by atoms with van der Waals surface area (Å²) >= 11 is 1.30. The first kappa shape index (κ1) is 12.0. The molecule has 90 valence electrons. The molecule has 1 unspecified atom stereocenters. The molecular formula is C10H10F2N4S. The minimum Gasteiger partial charge on any atom is -0.323 e. The van der Waals surface area contributed by atoms with Gasteiger partial charge in [-0.05, 0) is 18.2 Å². The molecule has 0 saturated carbocycles. The van der Waals surface area contributed by atoms with Crippen LogP contribution in [0.25, 0.3) is 0 Å². The minimum atomic E-state index is -0.596. The van der Waals surface area contributed by atoms with Gasteiger partial charge in [-0.2, -0.15) is 5.10 Å². The Labute approximate surface area is 101 Å². The number of benzene rings is 1. The van der Waals surface area contributed by atoms with E-state index in [0.29, 0.717) is 10.9 Å². The predicted molar refractivity (Wildman–Crippen MR) is 60.4 cm³/mol. The van der Waals surface area contributed by atoms with Gasteiger partial charge in [0.05, 0.1) is 0 Å². The van der Waals surface area contributed by atoms with Crippen LogP contribution in [-0.4, -0.2) is 20.9 Å². The SMILES string of the molecule is NC(CSc1ncn[nH]1)c1cc(F)ccc1F. The number of nitrogens with one attached hydrogen (secondary N) is 1. The van der Waals surface area contributed by atoms with Crippen LogP contribution < -0.4 is 5.73 Å². The van der Waals surface area contributed by atoms with Crippen molar-refractivity contribution in [3.8, 4) is 0 Å². The summed E-state index contributed by atoms with van der Waals surface area (Å²) in [4.78, 5) is 3.89. The zero-order valence-electron chi connectivity index (χ0n) is 8.73. The van der Waals surface area contributed by atoms with Crippen molar-refractivity contribution in [1.82, 2.24) is 15.2 Å². The van der Waals surface area contributed by atoms with Gasteiger partial charge in [-0.15, -0.1) is 0 Å². The van der Waals surface area contributed by atoms with E-state index in [1.807, 2.05) is 0 Å². The largest absolute Gasteiger partial charge is 0.323 e. The summed E-state index contributed by atoms with van der Waals surface area (Å²) in [5.74, 6) is -0.617. The highest BCUT2D eigenvalue weighted by Crippen LogP contribution is 2.22. The Morgan fingerprint density at radius 2 is 2.24 bits per heavy atom. The highest BCUT2D eigenvalue weighted by molar-refractivity contribution is 7.99. The summed E-state index contributed by atoms with van der Waals surface area (Å²) in [6.07, 6.45) is 1.37. The van der Waals surface area contributed by atoms with E-state index in [-0.39, 0.29) is 5.56 Å². The standard InChI is InChI=1S/C10H10F2N4S/c11-6-1-2-8(12)7(3-6)9(13)4-17-10-14-5-15-16-10/h1-3,5,9H,4,13H2,(H,14,15,16). The zero-order chi connectivity index (χ0) is 12.3. The fourth-order valence-electron chi connectivity index (χ4n) is 1.32. The lowest BCUT2D eigenvalue weighted by Crippen LogP contribution is -2.15. The third-order valence-corrected chi connectivity index (χ3v) is 3.15. The summed E-state index contributed by atoms with van der Waals surface area (Å²) < 4.78 is 26.4. The molecule has 17 heavy (non-hydrogen) atoms. The molecule has 0 aliphatic heterocycles. The summed E-state index contributed by atoms with van der Waals surface area (Å²) in [5, 5.41) is 6.92. The Morgan fingerprint density at radius 1 is 1.41 bits per heavy atom. The number of thioether (sulfide) groups is 1. The van der Waals surface area contributed by atoms with Gasteiger partial charge in [0.25, 0.3) is 0 Å². The lowest BCUT2D eigenvalue weighted by atomic mass is 10.1. The first-order chi connectivity index (χ1) is 8.16. The van der Waals surface area contributed by atoms with Crippen molar-refractivity contribution in [2.45, 2.75) is 11.2 Å². The number of hydrogen-bond donors (Lipinski definition) is 2. The van der Waals surface area contributed by atoms with Gasteiger partial charge in [0.1, 0.15) is 18.0 Å². The maximum atomic E-state index is 13.4. The fraction of sp³-hybridized carbons (Fsp3) is 0.200. The number of nitrogens with two attached hydrogens (primary N) is 1. The molecule has 1 aromatic heterocycles. The smallest absolute Gasteiger partial charge is 0.183 e. The van der Waals surface area contributed by atoms with Crippen LogP contribution in [0.4, 0.5) is 8.78 Å².